The number of amides is 2. The smallest absolute Gasteiger partial charge is 0.410 e. The first kappa shape index (κ1) is 26.6. The highest BCUT2D eigenvalue weighted by atomic mass is 35.6. The number of phenols is 1. The zero-order valence-corrected chi connectivity index (χ0v) is 23.2. The number of carbonyl (C=O) groups is 2. The van der Waals surface area contributed by atoms with Gasteiger partial charge in [0, 0.05) is 30.8 Å². The molecule has 2 aliphatic carbocycles. The van der Waals surface area contributed by atoms with Crippen LogP contribution in [0.5, 0.6) is 11.5 Å². The molecule has 2 fully saturated rings. The summed E-state index contributed by atoms with van der Waals surface area (Å²) >= 11 is 17.4. The SMILES string of the molecule is CN(C(=O)/C=C/c1ccoc1)C1CCC2(O)[C@@H]3Cc4ccc(O)c5c4[C@@]2(CCN3C(=O)OCC(Cl)(Cl)Cl)C1O5. The van der Waals surface area contributed by atoms with Crippen molar-refractivity contribution in [3.05, 3.63) is 53.5 Å². The van der Waals surface area contributed by atoms with Crippen molar-refractivity contribution in [3.63, 3.8) is 0 Å². The van der Waals surface area contributed by atoms with Gasteiger partial charge in [-0.2, -0.15) is 0 Å². The molecular weight excluding hydrogens is 571 g/mol. The van der Waals surface area contributed by atoms with Crippen LogP contribution in [0.1, 0.15) is 36.0 Å². The maximum absolute atomic E-state index is 13.2. The number of hydrogen-bond donors (Lipinski definition) is 2. The molecule has 2 N–H and O–H groups in total. The molecule has 3 unspecified atom stereocenters. The lowest BCUT2D eigenvalue weighted by Gasteiger charge is -2.64. The van der Waals surface area contributed by atoms with E-state index in [0.29, 0.717) is 31.4 Å². The molecule has 4 aliphatic rings. The molecule has 5 atom stereocenters. The number of ether oxygens (including phenoxy) is 2. The summed E-state index contributed by atoms with van der Waals surface area (Å²) in [5, 5.41) is 23.3. The van der Waals surface area contributed by atoms with E-state index in [1.54, 1.807) is 42.5 Å². The first-order chi connectivity index (χ1) is 18.5. The number of likely N-dealkylation sites (N-methyl/N-ethyl adjacent to an activating group) is 1. The Balaban J connectivity index is 1.36. The average molecular weight is 598 g/mol. The minimum Gasteiger partial charge on any atom is -0.504 e. The van der Waals surface area contributed by atoms with E-state index in [1.165, 1.54) is 17.2 Å². The number of phenolic OH excluding ortho intramolecular Hbond substituents is 1. The Labute approximate surface area is 239 Å². The fourth-order valence-corrected chi connectivity index (χ4v) is 7.34. The van der Waals surface area contributed by atoms with Crippen LogP contribution in [0.4, 0.5) is 4.79 Å². The number of hydrogen-bond acceptors (Lipinski definition) is 7. The Morgan fingerprint density at radius 2 is 2.08 bits per heavy atom. The molecule has 208 valence electrons. The van der Waals surface area contributed by atoms with E-state index < -0.39 is 45.7 Å². The van der Waals surface area contributed by atoms with Crippen molar-refractivity contribution in [2.24, 2.45) is 0 Å². The number of piperidine rings is 1. The van der Waals surface area contributed by atoms with E-state index in [1.807, 2.05) is 0 Å². The number of aromatic hydroxyl groups is 1. The normalized spacial score (nSPS) is 30.6. The van der Waals surface area contributed by atoms with Crippen LogP contribution in [-0.2, 0) is 21.4 Å². The van der Waals surface area contributed by atoms with Gasteiger partial charge in [0.1, 0.15) is 12.7 Å². The minimum atomic E-state index is -1.76. The van der Waals surface area contributed by atoms with Gasteiger partial charge >= 0.3 is 6.09 Å². The van der Waals surface area contributed by atoms with Crippen molar-refractivity contribution in [1.29, 1.82) is 0 Å². The maximum Gasteiger partial charge on any atom is 0.410 e. The van der Waals surface area contributed by atoms with Gasteiger partial charge in [-0.05, 0) is 49.5 Å². The molecule has 9 nitrogen and oxygen atoms in total. The molecule has 2 aliphatic heterocycles. The second-order valence-corrected chi connectivity index (χ2v) is 13.2. The number of halogens is 3. The zero-order valence-electron chi connectivity index (χ0n) is 21.0. The number of aliphatic hydroxyl groups is 1. The van der Waals surface area contributed by atoms with Crippen LogP contribution in [-0.4, -0.2) is 79.8 Å². The molecule has 2 aromatic rings. The third-order valence-electron chi connectivity index (χ3n) is 8.83. The molecule has 1 saturated carbocycles. The summed E-state index contributed by atoms with van der Waals surface area (Å²) in [4.78, 5) is 29.5. The van der Waals surface area contributed by atoms with Gasteiger partial charge in [-0.3, -0.25) is 4.79 Å². The highest BCUT2D eigenvalue weighted by Crippen LogP contribution is 2.65. The number of carbonyl (C=O) groups excluding carboxylic acids is 2. The van der Waals surface area contributed by atoms with Crippen LogP contribution in [0, 0.1) is 0 Å². The second-order valence-electron chi connectivity index (χ2n) is 10.7. The molecule has 3 heterocycles. The van der Waals surface area contributed by atoms with Crippen molar-refractivity contribution in [1.82, 2.24) is 9.80 Å². The molecular formula is C27H27Cl3N2O7. The molecule has 12 heteroatoms. The lowest BCUT2D eigenvalue weighted by Crippen LogP contribution is -2.78. The second kappa shape index (κ2) is 9.23. The van der Waals surface area contributed by atoms with Crippen LogP contribution in [0.15, 0.2) is 41.2 Å². The van der Waals surface area contributed by atoms with Crippen molar-refractivity contribution in [3.8, 4) is 11.5 Å². The van der Waals surface area contributed by atoms with Gasteiger partial charge in [0.2, 0.25) is 9.70 Å². The summed E-state index contributed by atoms with van der Waals surface area (Å²) in [6, 6.07) is 4.08. The van der Waals surface area contributed by atoms with Crippen LogP contribution < -0.4 is 4.74 Å². The Hall–Kier alpha value is -2.59. The first-order valence-electron chi connectivity index (χ1n) is 12.7. The van der Waals surface area contributed by atoms with Crippen LogP contribution >= 0.6 is 34.8 Å². The van der Waals surface area contributed by atoms with Gasteiger partial charge in [-0.25, -0.2) is 4.79 Å². The summed E-state index contributed by atoms with van der Waals surface area (Å²) in [6.45, 7) is -0.171. The van der Waals surface area contributed by atoms with Gasteiger partial charge in [0.15, 0.2) is 11.5 Å². The summed E-state index contributed by atoms with van der Waals surface area (Å²) < 4.78 is 15.1. The first-order valence-corrected chi connectivity index (χ1v) is 13.8. The Morgan fingerprint density at radius 3 is 2.79 bits per heavy atom. The van der Waals surface area contributed by atoms with Crippen LogP contribution in [0.25, 0.3) is 6.08 Å². The predicted molar refractivity (Wildman–Crippen MR) is 143 cm³/mol. The predicted octanol–water partition coefficient (Wildman–Crippen LogP) is 4.19. The van der Waals surface area contributed by atoms with Crippen molar-refractivity contribution >= 4 is 52.9 Å². The largest absolute Gasteiger partial charge is 0.504 e. The summed E-state index contributed by atoms with van der Waals surface area (Å²) in [6.07, 6.45) is 6.29. The number of furan rings is 1. The number of rotatable bonds is 4. The number of nitrogens with zero attached hydrogens (tertiary/aromatic N) is 2. The fraction of sp³-hybridized carbons (Fsp3) is 0.481. The Bertz CT molecular complexity index is 1340. The molecule has 2 amide bonds. The van der Waals surface area contributed by atoms with Crippen molar-refractivity contribution < 1.29 is 33.7 Å². The molecule has 1 aromatic heterocycles. The van der Waals surface area contributed by atoms with Gasteiger partial charge in [0.25, 0.3) is 0 Å². The minimum absolute atomic E-state index is 0.0181. The lowest BCUT2D eigenvalue weighted by atomic mass is 9.48. The number of benzene rings is 1. The molecule has 39 heavy (non-hydrogen) atoms. The van der Waals surface area contributed by atoms with E-state index >= 15 is 0 Å². The molecule has 1 aromatic carbocycles. The average Bonchev–Trinajstić information content (AvgIpc) is 3.52. The molecule has 6 rings (SSSR count). The highest BCUT2D eigenvalue weighted by molar-refractivity contribution is 6.67. The quantitative estimate of drug-likeness (QED) is 0.402. The van der Waals surface area contributed by atoms with Crippen LogP contribution in [0.2, 0.25) is 0 Å². The number of alkyl halides is 3. The molecule has 1 spiro atoms. The van der Waals surface area contributed by atoms with Gasteiger partial charge in [-0.1, -0.05) is 40.9 Å². The lowest BCUT2D eigenvalue weighted by molar-refractivity contribution is -0.194. The molecule has 2 bridgehead atoms. The van der Waals surface area contributed by atoms with Crippen LogP contribution in [0.3, 0.4) is 0 Å². The summed E-state index contributed by atoms with van der Waals surface area (Å²) in [5.41, 5.74) is 0.0512. The van der Waals surface area contributed by atoms with Gasteiger partial charge in [-0.15, -0.1) is 0 Å². The number of likely N-dealkylation sites (tertiary alicyclic amines) is 1. The summed E-state index contributed by atoms with van der Waals surface area (Å²) in [5.74, 6) is 0.0887. The Morgan fingerprint density at radius 1 is 1.28 bits per heavy atom. The highest BCUT2D eigenvalue weighted by Gasteiger charge is 2.74. The van der Waals surface area contributed by atoms with Crippen molar-refractivity contribution in [2.75, 3.05) is 20.2 Å². The van der Waals surface area contributed by atoms with E-state index in [9.17, 15) is 19.8 Å². The Kier molecular flexibility index (Phi) is 6.30. The molecule has 1 saturated heterocycles. The molecule has 0 radical (unpaired) electrons. The maximum atomic E-state index is 13.2. The van der Waals surface area contributed by atoms with Gasteiger partial charge in [0.05, 0.1) is 35.6 Å². The monoisotopic (exact) mass is 596 g/mol. The third kappa shape index (κ3) is 4.00. The standard InChI is InChI=1S/C27H27Cl3N2O7/c1-31(20(34)5-2-15-7-11-37-13-15)17-6-8-26(36)19-12-16-3-4-18(33)22-21(16)25(26,23(17)39-22)9-10-32(19)24(35)38-14-27(28,29)30/h2-5,7,11,13,17,19,23,33,36H,6,8-10,12,14H2,1H3/b5-2+/t17?,19-,23?,25-,26?/m0/s1. The van der Waals surface area contributed by atoms with E-state index in [-0.39, 0.29) is 18.2 Å². The van der Waals surface area contributed by atoms with Crippen molar-refractivity contribution in [2.45, 2.75) is 58.7 Å². The third-order valence-corrected chi connectivity index (χ3v) is 9.16. The topological polar surface area (TPSA) is 113 Å². The van der Waals surface area contributed by atoms with E-state index in [4.69, 9.17) is 48.7 Å². The van der Waals surface area contributed by atoms with E-state index in [2.05, 4.69) is 0 Å². The van der Waals surface area contributed by atoms with E-state index in [0.717, 1.165) is 16.7 Å². The zero-order chi connectivity index (χ0) is 27.7. The van der Waals surface area contributed by atoms with Gasteiger partial charge < -0.3 is 33.9 Å². The summed E-state index contributed by atoms with van der Waals surface area (Å²) in [7, 11) is 1.71. The fourth-order valence-electron chi connectivity index (χ4n) is 7.18.